The quantitative estimate of drug-likeness (QED) is 0.785. The van der Waals surface area contributed by atoms with Crippen LogP contribution in [0.3, 0.4) is 0 Å². The van der Waals surface area contributed by atoms with Crippen molar-refractivity contribution in [1.82, 2.24) is 0 Å². The van der Waals surface area contributed by atoms with E-state index in [1.54, 1.807) is 0 Å². The lowest BCUT2D eigenvalue weighted by Gasteiger charge is -2.08. The summed E-state index contributed by atoms with van der Waals surface area (Å²) in [6.07, 6.45) is 1.92. The molecule has 0 unspecified atom stereocenters. The van der Waals surface area contributed by atoms with Crippen LogP contribution in [-0.4, -0.2) is 5.11 Å². The van der Waals surface area contributed by atoms with Crippen molar-refractivity contribution in [3.8, 4) is 11.5 Å². The normalized spacial score (nSPS) is 11.6. The summed E-state index contributed by atoms with van der Waals surface area (Å²) in [5, 5.41) is 9.29. The van der Waals surface area contributed by atoms with Gasteiger partial charge < -0.3 is 5.11 Å². The molecule has 0 aromatic heterocycles. The third kappa shape index (κ3) is 1.87. The van der Waals surface area contributed by atoms with Crippen LogP contribution < -0.4 is 4.94 Å². The van der Waals surface area contributed by atoms with E-state index >= 15 is 0 Å². The first-order valence-electron chi connectivity index (χ1n) is 4.35. The van der Waals surface area contributed by atoms with Crippen LogP contribution in [0.4, 0.5) is 4.53 Å². The number of rotatable bonds is 2. The molecule has 1 aromatic rings. The predicted molar refractivity (Wildman–Crippen MR) is 53.9 cm³/mol. The number of allylic oxidation sites excluding steroid dienone is 2. The number of benzene rings is 1. The second-order valence-electron chi connectivity index (χ2n) is 3.18. The van der Waals surface area contributed by atoms with E-state index in [2.05, 4.69) is 4.94 Å². The number of phenols is 1. The van der Waals surface area contributed by atoms with Crippen molar-refractivity contribution >= 4 is 5.57 Å². The fourth-order valence-electron chi connectivity index (χ4n) is 1.31. The zero-order valence-corrected chi connectivity index (χ0v) is 8.47. The first-order valence-corrected chi connectivity index (χ1v) is 4.35. The van der Waals surface area contributed by atoms with E-state index in [1.807, 2.05) is 26.8 Å². The van der Waals surface area contributed by atoms with Crippen molar-refractivity contribution in [3.63, 3.8) is 0 Å². The van der Waals surface area contributed by atoms with Crippen molar-refractivity contribution in [1.29, 1.82) is 0 Å². The number of halogens is 1. The van der Waals surface area contributed by atoms with Crippen LogP contribution in [0.5, 0.6) is 11.5 Å². The summed E-state index contributed by atoms with van der Waals surface area (Å²) in [5.74, 6) is -0.329. The number of hydrogen-bond acceptors (Lipinski definition) is 2. The van der Waals surface area contributed by atoms with Gasteiger partial charge in [-0.3, -0.25) is 4.94 Å². The Balaban J connectivity index is 3.31. The average Bonchev–Trinajstić information content (AvgIpc) is 2.17. The Labute approximate surface area is 82.5 Å². The molecule has 0 bridgehead atoms. The monoisotopic (exact) mass is 196 g/mol. The van der Waals surface area contributed by atoms with Gasteiger partial charge in [-0.15, -0.1) is 0 Å². The van der Waals surface area contributed by atoms with Crippen molar-refractivity contribution in [2.45, 2.75) is 20.8 Å². The third-order valence-corrected chi connectivity index (χ3v) is 2.25. The van der Waals surface area contributed by atoms with Crippen LogP contribution in [0, 0.1) is 6.92 Å². The Bertz CT molecular complexity index is 370. The zero-order chi connectivity index (χ0) is 10.7. The molecule has 14 heavy (non-hydrogen) atoms. The smallest absolute Gasteiger partial charge is 0.214 e. The molecule has 3 heteroatoms. The highest BCUT2D eigenvalue weighted by molar-refractivity contribution is 5.69. The fraction of sp³-hybridized carbons (Fsp3) is 0.273. The first kappa shape index (κ1) is 10.6. The van der Waals surface area contributed by atoms with Gasteiger partial charge >= 0.3 is 0 Å². The lowest BCUT2D eigenvalue weighted by Crippen LogP contribution is -1.88. The highest BCUT2D eigenvalue weighted by atomic mass is 19.3. The van der Waals surface area contributed by atoms with E-state index in [-0.39, 0.29) is 11.5 Å². The van der Waals surface area contributed by atoms with E-state index < -0.39 is 0 Å². The molecule has 0 heterocycles. The third-order valence-electron chi connectivity index (χ3n) is 2.25. The summed E-state index contributed by atoms with van der Waals surface area (Å²) in [4.78, 5) is 3.56. The molecule has 0 aliphatic carbocycles. The van der Waals surface area contributed by atoms with Crippen LogP contribution in [0.25, 0.3) is 5.57 Å². The number of aromatic hydroxyl groups is 1. The molecular formula is C11H13FO2. The van der Waals surface area contributed by atoms with Crippen LogP contribution in [0.2, 0.25) is 0 Å². The van der Waals surface area contributed by atoms with Gasteiger partial charge in [0, 0.05) is 4.53 Å². The van der Waals surface area contributed by atoms with Crippen LogP contribution in [0.1, 0.15) is 25.0 Å². The lowest BCUT2D eigenvalue weighted by atomic mass is 10.0. The molecule has 0 spiro atoms. The summed E-state index contributed by atoms with van der Waals surface area (Å²) < 4.78 is 12.0. The highest BCUT2D eigenvalue weighted by Gasteiger charge is 2.09. The molecule has 0 atom stereocenters. The number of aryl methyl sites for hydroxylation is 1. The Morgan fingerprint density at radius 1 is 1.50 bits per heavy atom. The van der Waals surface area contributed by atoms with E-state index in [0.717, 1.165) is 16.7 Å². The molecular weight excluding hydrogens is 183 g/mol. The van der Waals surface area contributed by atoms with Crippen molar-refractivity contribution in [3.05, 3.63) is 29.3 Å². The van der Waals surface area contributed by atoms with Crippen molar-refractivity contribution in [2.24, 2.45) is 0 Å². The Hall–Kier alpha value is -1.51. The van der Waals surface area contributed by atoms with Gasteiger partial charge in [-0.05, 0) is 49.6 Å². The summed E-state index contributed by atoms with van der Waals surface area (Å²) >= 11 is 0. The van der Waals surface area contributed by atoms with E-state index in [0.29, 0.717) is 0 Å². The molecule has 2 nitrogen and oxygen atoms in total. The molecule has 0 saturated heterocycles. The maximum atomic E-state index is 12.0. The molecule has 0 saturated carbocycles. The lowest BCUT2D eigenvalue weighted by molar-refractivity contribution is -0.00897. The minimum Gasteiger partial charge on any atom is -0.504 e. The largest absolute Gasteiger partial charge is 0.504 e. The summed E-state index contributed by atoms with van der Waals surface area (Å²) in [6.45, 7) is 5.67. The second-order valence-corrected chi connectivity index (χ2v) is 3.18. The minimum atomic E-state index is -0.183. The zero-order valence-electron chi connectivity index (χ0n) is 8.47. The standard InChI is InChI=1S/C11H13FO2/c1-4-7(2)9-6-11(14-12)10(13)5-8(9)3/h4-6,13H,1-3H3/b7-4+. The van der Waals surface area contributed by atoms with Gasteiger partial charge in [-0.2, -0.15) is 0 Å². The Morgan fingerprint density at radius 3 is 2.64 bits per heavy atom. The summed E-state index contributed by atoms with van der Waals surface area (Å²) in [7, 11) is 0. The average molecular weight is 196 g/mol. The van der Waals surface area contributed by atoms with E-state index in [1.165, 1.54) is 12.1 Å². The van der Waals surface area contributed by atoms with E-state index in [9.17, 15) is 9.63 Å². The Kier molecular flexibility index (Phi) is 3.12. The SMILES string of the molecule is C/C=C(\C)c1cc(OF)c(O)cc1C. The molecule has 0 aliphatic heterocycles. The molecule has 1 N–H and O–H groups in total. The predicted octanol–water partition coefficient (Wildman–Crippen LogP) is 3.39. The van der Waals surface area contributed by atoms with E-state index in [4.69, 9.17) is 0 Å². The van der Waals surface area contributed by atoms with Crippen LogP contribution in [-0.2, 0) is 0 Å². The van der Waals surface area contributed by atoms with Gasteiger partial charge in [-0.1, -0.05) is 6.08 Å². The second kappa shape index (κ2) is 4.13. The molecule has 0 amide bonds. The van der Waals surface area contributed by atoms with Crippen molar-refractivity contribution in [2.75, 3.05) is 0 Å². The summed E-state index contributed by atoms with van der Waals surface area (Å²) in [6, 6.07) is 2.97. The summed E-state index contributed by atoms with van der Waals surface area (Å²) in [5.41, 5.74) is 2.78. The minimum absolute atomic E-state index is 0.146. The molecule has 1 rings (SSSR count). The molecule has 0 radical (unpaired) electrons. The van der Waals surface area contributed by atoms with Gasteiger partial charge in [0.05, 0.1) is 0 Å². The number of phenolic OH excluding ortho intramolecular Hbond substituents is 1. The molecule has 76 valence electrons. The molecule has 1 aromatic carbocycles. The molecule has 0 fully saturated rings. The maximum Gasteiger partial charge on any atom is 0.214 e. The highest BCUT2D eigenvalue weighted by Crippen LogP contribution is 2.32. The van der Waals surface area contributed by atoms with Gasteiger partial charge in [0.1, 0.15) is 0 Å². The van der Waals surface area contributed by atoms with Crippen LogP contribution >= 0.6 is 0 Å². The number of hydrogen-bond donors (Lipinski definition) is 1. The van der Waals surface area contributed by atoms with Gasteiger partial charge in [0.25, 0.3) is 0 Å². The molecule has 0 aliphatic rings. The topological polar surface area (TPSA) is 29.5 Å². The van der Waals surface area contributed by atoms with Crippen LogP contribution in [0.15, 0.2) is 18.2 Å². The Morgan fingerprint density at radius 2 is 2.14 bits per heavy atom. The van der Waals surface area contributed by atoms with Gasteiger partial charge in [-0.25, -0.2) is 0 Å². The van der Waals surface area contributed by atoms with Gasteiger partial charge in [0.15, 0.2) is 5.75 Å². The maximum absolute atomic E-state index is 12.0. The fourth-order valence-corrected chi connectivity index (χ4v) is 1.31. The van der Waals surface area contributed by atoms with Crippen molar-refractivity contribution < 1.29 is 14.6 Å². The first-order chi connectivity index (χ1) is 6.60. The van der Waals surface area contributed by atoms with Gasteiger partial charge in [0.2, 0.25) is 5.75 Å².